The minimum absolute atomic E-state index is 0.245. The van der Waals surface area contributed by atoms with Crippen molar-refractivity contribution in [2.24, 2.45) is 0 Å². The molecular weight excluding hydrogens is 298 g/mol. The van der Waals surface area contributed by atoms with Crippen molar-refractivity contribution in [1.82, 2.24) is 0 Å². The molecule has 2 aromatic carbocycles. The molecule has 3 rings (SSSR count). The number of hydrogen-bond acceptors (Lipinski definition) is 4. The van der Waals surface area contributed by atoms with Gasteiger partial charge in [-0.1, -0.05) is 18.2 Å². The maximum atomic E-state index is 13.1. The molecule has 6 heteroatoms. The van der Waals surface area contributed by atoms with Gasteiger partial charge >= 0.3 is 0 Å². The lowest BCUT2D eigenvalue weighted by Crippen LogP contribution is -2.30. The van der Waals surface area contributed by atoms with Crippen LogP contribution in [0.1, 0.15) is 5.56 Å². The third-order valence-corrected chi connectivity index (χ3v) is 5.72. The summed E-state index contributed by atoms with van der Waals surface area (Å²) in [7, 11) is 0.00518. The van der Waals surface area contributed by atoms with Gasteiger partial charge < -0.3 is 10.6 Å². The third-order valence-electron chi connectivity index (χ3n) is 3.88. The minimum atomic E-state index is -3.64. The predicted molar refractivity (Wildman–Crippen MR) is 89.9 cm³/mol. The molecule has 116 valence electrons. The second-order valence-corrected chi connectivity index (χ2v) is 7.41. The zero-order valence-electron chi connectivity index (χ0n) is 12.7. The van der Waals surface area contributed by atoms with Crippen LogP contribution in [-0.2, 0) is 16.4 Å². The van der Waals surface area contributed by atoms with Crippen molar-refractivity contribution in [3.63, 3.8) is 0 Å². The summed E-state index contributed by atoms with van der Waals surface area (Å²) in [5.41, 5.74) is 8.71. The average molecular weight is 317 g/mol. The van der Waals surface area contributed by atoms with E-state index in [0.717, 1.165) is 17.7 Å². The Morgan fingerprint density at radius 2 is 1.86 bits per heavy atom. The lowest BCUT2D eigenvalue weighted by molar-refractivity contribution is 0.592. The number of sulfonamides is 1. The van der Waals surface area contributed by atoms with Crippen molar-refractivity contribution in [3.05, 3.63) is 48.0 Å². The zero-order chi connectivity index (χ0) is 15.9. The maximum absolute atomic E-state index is 13.1. The summed E-state index contributed by atoms with van der Waals surface area (Å²) >= 11 is 0. The Morgan fingerprint density at radius 1 is 1.14 bits per heavy atom. The van der Waals surface area contributed by atoms with Crippen LogP contribution < -0.4 is 14.9 Å². The molecule has 0 atom stereocenters. The van der Waals surface area contributed by atoms with Crippen LogP contribution in [-0.4, -0.2) is 29.1 Å². The molecule has 0 aliphatic carbocycles. The van der Waals surface area contributed by atoms with Crippen LogP contribution in [0.15, 0.2) is 47.4 Å². The molecule has 0 bridgehead atoms. The molecule has 0 fully saturated rings. The van der Waals surface area contributed by atoms with Gasteiger partial charge in [-0.15, -0.1) is 0 Å². The van der Waals surface area contributed by atoms with E-state index in [1.165, 1.54) is 10.4 Å². The second-order valence-electron chi connectivity index (χ2n) is 5.58. The SMILES string of the molecule is CN(C)c1ccc(N)cc1S(=O)(=O)N1CCc2ccccc21. The van der Waals surface area contributed by atoms with E-state index in [0.29, 0.717) is 17.9 Å². The van der Waals surface area contributed by atoms with Crippen molar-refractivity contribution in [3.8, 4) is 0 Å². The lowest BCUT2D eigenvalue weighted by Gasteiger charge is -2.24. The molecule has 0 radical (unpaired) electrons. The molecule has 1 aliphatic rings. The van der Waals surface area contributed by atoms with Crippen LogP contribution in [0.3, 0.4) is 0 Å². The van der Waals surface area contributed by atoms with E-state index in [1.54, 1.807) is 17.0 Å². The van der Waals surface area contributed by atoms with Gasteiger partial charge in [0.15, 0.2) is 0 Å². The average Bonchev–Trinajstić information content (AvgIpc) is 2.91. The quantitative estimate of drug-likeness (QED) is 0.880. The molecule has 1 heterocycles. The summed E-state index contributed by atoms with van der Waals surface area (Å²) in [6, 6.07) is 12.6. The first-order valence-electron chi connectivity index (χ1n) is 7.09. The molecule has 0 unspecified atom stereocenters. The first kappa shape index (κ1) is 14.7. The topological polar surface area (TPSA) is 66.6 Å². The van der Waals surface area contributed by atoms with Gasteiger partial charge in [-0.05, 0) is 36.2 Å². The first-order valence-corrected chi connectivity index (χ1v) is 8.53. The van der Waals surface area contributed by atoms with Crippen LogP contribution in [0.2, 0.25) is 0 Å². The summed E-state index contributed by atoms with van der Waals surface area (Å²) in [6.07, 6.45) is 0.731. The lowest BCUT2D eigenvalue weighted by atomic mass is 10.2. The second kappa shape index (κ2) is 5.21. The van der Waals surface area contributed by atoms with Gasteiger partial charge in [0.2, 0.25) is 0 Å². The van der Waals surface area contributed by atoms with Crippen molar-refractivity contribution >= 4 is 27.1 Å². The molecule has 22 heavy (non-hydrogen) atoms. The Hall–Kier alpha value is -2.21. The van der Waals surface area contributed by atoms with Crippen LogP contribution >= 0.6 is 0 Å². The summed E-state index contributed by atoms with van der Waals surface area (Å²) in [5, 5.41) is 0. The van der Waals surface area contributed by atoms with Crippen LogP contribution in [0.5, 0.6) is 0 Å². The van der Waals surface area contributed by atoms with Crippen LogP contribution in [0, 0.1) is 0 Å². The molecule has 5 nitrogen and oxygen atoms in total. The molecular formula is C16H19N3O2S. The fraction of sp³-hybridized carbons (Fsp3) is 0.250. The number of para-hydroxylation sites is 1. The number of hydrogen-bond donors (Lipinski definition) is 1. The Balaban J connectivity index is 2.14. The van der Waals surface area contributed by atoms with Crippen molar-refractivity contribution < 1.29 is 8.42 Å². The maximum Gasteiger partial charge on any atom is 0.266 e. The number of anilines is 3. The van der Waals surface area contributed by atoms with Gasteiger partial charge in [-0.25, -0.2) is 8.42 Å². The number of benzene rings is 2. The van der Waals surface area contributed by atoms with Crippen LogP contribution in [0.25, 0.3) is 0 Å². The Labute approximate surface area is 131 Å². The molecule has 0 amide bonds. The van der Waals surface area contributed by atoms with E-state index in [2.05, 4.69) is 0 Å². The summed E-state index contributed by atoms with van der Waals surface area (Å²) in [5.74, 6) is 0. The first-order chi connectivity index (χ1) is 10.4. The van der Waals surface area contributed by atoms with Crippen molar-refractivity contribution in [2.75, 3.05) is 35.6 Å². The smallest absolute Gasteiger partial charge is 0.266 e. The Bertz CT molecular complexity index is 816. The van der Waals surface area contributed by atoms with Gasteiger partial charge in [0.1, 0.15) is 4.90 Å². The fourth-order valence-electron chi connectivity index (χ4n) is 2.78. The summed E-state index contributed by atoms with van der Waals surface area (Å²) in [4.78, 5) is 2.03. The highest BCUT2D eigenvalue weighted by molar-refractivity contribution is 7.93. The van der Waals surface area contributed by atoms with Gasteiger partial charge in [0.25, 0.3) is 10.0 Å². The molecule has 0 saturated carbocycles. The molecule has 1 aliphatic heterocycles. The van der Waals surface area contributed by atoms with E-state index in [4.69, 9.17) is 5.73 Å². The normalized spacial score (nSPS) is 14.0. The van der Waals surface area contributed by atoms with E-state index >= 15 is 0 Å². The highest BCUT2D eigenvalue weighted by Gasteiger charge is 2.32. The predicted octanol–water partition coefficient (Wildman–Crippen LogP) is 2.09. The van der Waals surface area contributed by atoms with Gasteiger partial charge in [-0.2, -0.15) is 0 Å². The van der Waals surface area contributed by atoms with Crippen molar-refractivity contribution in [2.45, 2.75) is 11.3 Å². The zero-order valence-corrected chi connectivity index (χ0v) is 13.5. The summed E-state index contributed by atoms with van der Waals surface area (Å²) < 4.78 is 27.7. The van der Waals surface area contributed by atoms with E-state index < -0.39 is 10.0 Å². The molecule has 2 N–H and O–H groups in total. The standard InChI is InChI=1S/C16H19N3O2S/c1-18(2)15-8-7-13(17)11-16(15)22(20,21)19-10-9-12-5-3-4-6-14(12)19/h3-8,11H,9-10,17H2,1-2H3. The number of nitrogen functional groups attached to an aromatic ring is 1. The van der Waals surface area contributed by atoms with E-state index in [1.807, 2.05) is 38.4 Å². The Kier molecular flexibility index (Phi) is 3.48. The van der Waals surface area contributed by atoms with E-state index in [9.17, 15) is 8.42 Å². The van der Waals surface area contributed by atoms with Gasteiger partial charge in [0, 0.05) is 26.3 Å². The Morgan fingerprint density at radius 3 is 2.59 bits per heavy atom. The molecule has 0 spiro atoms. The highest BCUT2D eigenvalue weighted by Crippen LogP contribution is 2.36. The number of nitrogens with two attached hydrogens (primary N) is 1. The number of nitrogens with zero attached hydrogens (tertiary/aromatic N) is 2. The minimum Gasteiger partial charge on any atom is -0.399 e. The molecule has 0 aromatic heterocycles. The number of rotatable bonds is 3. The highest BCUT2D eigenvalue weighted by atomic mass is 32.2. The largest absolute Gasteiger partial charge is 0.399 e. The van der Waals surface area contributed by atoms with Gasteiger partial charge in [-0.3, -0.25) is 4.31 Å². The molecule has 2 aromatic rings. The van der Waals surface area contributed by atoms with E-state index in [-0.39, 0.29) is 4.90 Å². The monoisotopic (exact) mass is 317 g/mol. The summed E-state index contributed by atoms with van der Waals surface area (Å²) in [6.45, 7) is 0.462. The van der Waals surface area contributed by atoms with Gasteiger partial charge in [0.05, 0.1) is 11.4 Å². The van der Waals surface area contributed by atoms with Crippen LogP contribution in [0.4, 0.5) is 17.1 Å². The fourth-order valence-corrected chi connectivity index (χ4v) is 4.59. The number of fused-ring (bicyclic) bond motifs is 1. The third kappa shape index (κ3) is 2.29. The molecule has 0 saturated heterocycles. The van der Waals surface area contributed by atoms with Crippen molar-refractivity contribution in [1.29, 1.82) is 0 Å².